The molecule has 9 heteroatoms. The van der Waals surface area contributed by atoms with Crippen LogP contribution in [0.15, 0.2) is 34.2 Å². The van der Waals surface area contributed by atoms with Gasteiger partial charge in [0.1, 0.15) is 0 Å². The van der Waals surface area contributed by atoms with Crippen molar-refractivity contribution < 1.29 is 13.2 Å². The van der Waals surface area contributed by atoms with Gasteiger partial charge >= 0.3 is 0 Å². The lowest BCUT2D eigenvalue weighted by atomic mass is 9.86. The van der Waals surface area contributed by atoms with Gasteiger partial charge in [0.15, 0.2) is 5.96 Å². The maximum atomic E-state index is 12.0. The molecule has 3 rings (SSSR count). The van der Waals surface area contributed by atoms with Gasteiger partial charge in [-0.15, -0.1) is 0 Å². The number of carbonyl (C=O) groups excluding carboxylic acids is 1. The van der Waals surface area contributed by atoms with Crippen LogP contribution in [0.5, 0.6) is 0 Å². The number of sulfonamides is 1. The maximum Gasteiger partial charge on any atom is 0.241 e. The molecule has 1 aromatic rings. The zero-order valence-corrected chi connectivity index (χ0v) is 18.0. The second-order valence-corrected chi connectivity index (χ2v) is 9.91. The molecule has 160 valence electrons. The highest BCUT2D eigenvalue weighted by Gasteiger charge is 2.41. The molecule has 1 saturated heterocycles. The molecule has 0 radical (unpaired) electrons. The standard InChI is InChI=1S/C20H31N5O3S/c1-24(2)18(26)14-23-19(25-12-11-20(15-25)9-3-4-10-20)22-13-16-5-7-17(8-6-16)29(21,27)28/h5-8H,3-4,9-15H2,1-2H3,(H,22,23)(H2,21,27,28). The Balaban J connectivity index is 1.72. The van der Waals surface area contributed by atoms with Crippen molar-refractivity contribution in [3.63, 3.8) is 0 Å². The monoisotopic (exact) mass is 421 g/mol. The Hall–Kier alpha value is -2.13. The zero-order valence-electron chi connectivity index (χ0n) is 17.2. The van der Waals surface area contributed by atoms with Crippen molar-refractivity contribution in [2.24, 2.45) is 15.5 Å². The molecule has 1 aliphatic carbocycles. The summed E-state index contributed by atoms with van der Waals surface area (Å²) >= 11 is 0. The molecular weight excluding hydrogens is 390 g/mol. The van der Waals surface area contributed by atoms with Crippen LogP contribution in [0.2, 0.25) is 0 Å². The molecule has 29 heavy (non-hydrogen) atoms. The molecule has 1 amide bonds. The van der Waals surface area contributed by atoms with Crippen LogP contribution in [0, 0.1) is 5.41 Å². The van der Waals surface area contributed by atoms with E-state index in [9.17, 15) is 13.2 Å². The number of nitrogens with two attached hydrogens (primary N) is 1. The van der Waals surface area contributed by atoms with Crippen LogP contribution in [-0.2, 0) is 21.4 Å². The van der Waals surface area contributed by atoms with Gasteiger partial charge < -0.3 is 15.1 Å². The number of hydrogen-bond donors (Lipinski definition) is 2. The van der Waals surface area contributed by atoms with Crippen LogP contribution >= 0.6 is 0 Å². The van der Waals surface area contributed by atoms with Crippen LogP contribution < -0.4 is 10.5 Å². The number of guanidine groups is 1. The number of nitrogens with zero attached hydrogens (tertiary/aromatic N) is 3. The molecule has 0 bridgehead atoms. The summed E-state index contributed by atoms with van der Waals surface area (Å²) in [6.07, 6.45) is 6.29. The van der Waals surface area contributed by atoms with E-state index in [0.29, 0.717) is 12.0 Å². The number of amides is 1. The molecule has 8 nitrogen and oxygen atoms in total. The van der Waals surface area contributed by atoms with E-state index in [2.05, 4.69) is 10.2 Å². The summed E-state index contributed by atoms with van der Waals surface area (Å²) in [5.74, 6) is 0.726. The van der Waals surface area contributed by atoms with Crippen LogP contribution in [0.3, 0.4) is 0 Å². The molecule has 1 heterocycles. The van der Waals surface area contributed by atoms with E-state index in [-0.39, 0.29) is 17.3 Å². The Kier molecular flexibility index (Phi) is 6.48. The van der Waals surface area contributed by atoms with Gasteiger partial charge in [-0.1, -0.05) is 25.0 Å². The average molecular weight is 422 g/mol. The highest BCUT2D eigenvalue weighted by molar-refractivity contribution is 7.89. The van der Waals surface area contributed by atoms with E-state index in [4.69, 9.17) is 10.1 Å². The number of hydrogen-bond acceptors (Lipinski definition) is 4. The lowest BCUT2D eigenvalue weighted by molar-refractivity contribution is -0.127. The first kappa shape index (κ1) is 21.6. The van der Waals surface area contributed by atoms with Crippen LogP contribution in [0.25, 0.3) is 0 Å². The molecule has 0 aromatic heterocycles. The minimum Gasteiger partial charge on any atom is -0.347 e. The van der Waals surface area contributed by atoms with E-state index < -0.39 is 10.0 Å². The summed E-state index contributed by atoms with van der Waals surface area (Å²) in [6.45, 7) is 2.50. The summed E-state index contributed by atoms with van der Waals surface area (Å²) in [5, 5.41) is 8.38. The highest BCUT2D eigenvalue weighted by atomic mass is 32.2. The third-order valence-electron chi connectivity index (χ3n) is 5.96. The highest BCUT2D eigenvalue weighted by Crippen LogP contribution is 2.45. The quantitative estimate of drug-likeness (QED) is 0.547. The molecule has 1 spiro atoms. The topological polar surface area (TPSA) is 108 Å². The lowest BCUT2D eigenvalue weighted by Gasteiger charge is -2.26. The summed E-state index contributed by atoms with van der Waals surface area (Å²) in [6, 6.07) is 6.42. The molecule has 0 atom stereocenters. The Labute approximate surface area is 173 Å². The fraction of sp³-hybridized carbons (Fsp3) is 0.600. The zero-order chi connectivity index (χ0) is 21.1. The fourth-order valence-electron chi connectivity index (χ4n) is 4.18. The van der Waals surface area contributed by atoms with E-state index in [1.54, 1.807) is 31.1 Å². The molecule has 0 unspecified atom stereocenters. The molecule has 2 aliphatic rings. The Morgan fingerprint density at radius 3 is 2.45 bits per heavy atom. The van der Waals surface area contributed by atoms with Gasteiger partial charge in [0, 0.05) is 27.2 Å². The molecular formula is C20H31N5O3S. The number of primary sulfonamides is 1. The average Bonchev–Trinajstić information content (AvgIpc) is 3.31. The minimum absolute atomic E-state index is 0.00928. The van der Waals surface area contributed by atoms with E-state index in [1.807, 2.05) is 0 Å². The first-order valence-electron chi connectivity index (χ1n) is 10.0. The van der Waals surface area contributed by atoms with Gasteiger partial charge in [-0.3, -0.25) is 4.79 Å². The third-order valence-corrected chi connectivity index (χ3v) is 6.89. The van der Waals surface area contributed by atoms with E-state index in [0.717, 1.165) is 24.6 Å². The number of benzene rings is 1. The van der Waals surface area contributed by atoms with Crippen LogP contribution in [0.4, 0.5) is 0 Å². The fourth-order valence-corrected chi connectivity index (χ4v) is 4.70. The predicted octanol–water partition coefficient (Wildman–Crippen LogP) is 1.13. The Morgan fingerprint density at radius 1 is 1.21 bits per heavy atom. The largest absolute Gasteiger partial charge is 0.347 e. The Bertz CT molecular complexity index is 859. The van der Waals surface area contributed by atoms with Gasteiger partial charge in [0.25, 0.3) is 0 Å². The van der Waals surface area contributed by atoms with Crippen molar-refractivity contribution in [1.29, 1.82) is 0 Å². The minimum atomic E-state index is -3.70. The van der Waals surface area contributed by atoms with Crippen molar-refractivity contribution in [3.8, 4) is 0 Å². The number of carbonyl (C=O) groups is 1. The van der Waals surface area contributed by atoms with Crippen LogP contribution in [0.1, 0.15) is 37.7 Å². The van der Waals surface area contributed by atoms with Crippen molar-refractivity contribution in [3.05, 3.63) is 29.8 Å². The van der Waals surface area contributed by atoms with Crippen molar-refractivity contribution in [2.45, 2.75) is 43.5 Å². The smallest absolute Gasteiger partial charge is 0.241 e. The second-order valence-electron chi connectivity index (χ2n) is 8.35. The molecule has 3 N–H and O–H groups in total. The summed E-state index contributed by atoms with van der Waals surface area (Å²) in [5.41, 5.74) is 1.27. The normalized spacial score (nSPS) is 19.0. The SMILES string of the molecule is CN(C)C(=O)CNC(=NCc1ccc(S(N)(=O)=O)cc1)N1CCC2(CCCC2)C1. The summed E-state index contributed by atoms with van der Waals surface area (Å²) < 4.78 is 22.8. The third kappa shape index (κ3) is 5.48. The van der Waals surface area contributed by atoms with Crippen molar-refractivity contribution in [1.82, 2.24) is 15.1 Å². The summed E-state index contributed by atoms with van der Waals surface area (Å²) in [4.78, 5) is 20.7. The molecule has 1 aromatic carbocycles. The van der Waals surface area contributed by atoms with Gasteiger partial charge in [-0.2, -0.15) is 0 Å². The maximum absolute atomic E-state index is 12.0. The van der Waals surface area contributed by atoms with E-state index >= 15 is 0 Å². The number of likely N-dealkylation sites (N-methyl/N-ethyl adjacent to an activating group) is 1. The number of nitrogens with one attached hydrogen (secondary N) is 1. The molecule has 1 aliphatic heterocycles. The van der Waals surface area contributed by atoms with Crippen molar-refractivity contribution >= 4 is 21.9 Å². The van der Waals surface area contributed by atoms with E-state index in [1.165, 1.54) is 44.2 Å². The van der Waals surface area contributed by atoms with Crippen LogP contribution in [-0.4, -0.2) is 63.8 Å². The lowest BCUT2D eigenvalue weighted by Crippen LogP contribution is -2.45. The second kappa shape index (κ2) is 8.71. The van der Waals surface area contributed by atoms with Gasteiger partial charge in [0.05, 0.1) is 18.0 Å². The summed E-state index contributed by atoms with van der Waals surface area (Å²) in [7, 11) is -0.235. The van der Waals surface area contributed by atoms with Gasteiger partial charge in [0.2, 0.25) is 15.9 Å². The van der Waals surface area contributed by atoms with Crippen molar-refractivity contribution in [2.75, 3.05) is 33.7 Å². The first-order valence-corrected chi connectivity index (χ1v) is 11.6. The molecule has 1 saturated carbocycles. The van der Waals surface area contributed by atoms with Gasteiger partial charge in [-0.25, -0.2) is 18.5 Å². The number of likely N-dealkylation sites (tertiary alicyclic amines) is 1. The predicted molar refractivity (Wildman–Crippen MR) is 113 cm³/mol. The molecule has 2 fully saturated rings. The number of rotatable bonds is 5. The Morgan fingerprint density at radius 2 is 1.86 bits per heavy atom. The first-order chi connectivity index (χ1) is 13.7. The number of aliphatic imine (C=N–C) groups is 1. The van der Waals surface area contributed by atoms with Gasteiger partial charge in [-0.05, 0) is 42.4 Å².